The first kappa shape index (κ1) is 16.3. The van der Waals surface area contributed by atoms with Crippen LogP contribution in [0.4, 0.5) is 0 Å². The summed E-state index contributed by atoms with van der Waals surface area (Å²) in [5, 5.41) is 4.16. The summed E-state index contributed by atoms with van der Waals surface area (Å²) in [6, 6.07) is 5.89. The molecule has 1 rings (SSSR count). The van der Waals surface area contributed by atoms with Crippen molar-refractivity contribution in [2.45, 2.75) is 34.6 Å². The third-order valence-corrected chi connectivity index (χ3v) is 3.16. The molecule has 19 heavy (non-hydrogen) atoms. The van der Waals surface area contributed by atoms with Crippen molar-refractivity contribution in [2.24, 2.45) is 11.3 Å². The van der Waals surface area contributed by atoms with Gasteiger partial charge in [0.05, 0.1) is 11.6 Å². The Balaban J connectivity index is 2.45. The summed E-state index contributed by atoms with van der Waals surface area (Å²) in [6.45, 7) is 13.5. The van der Waals surface area contributed by atoms with E-state index in [1.165, 1.54) is 0 Å². The lowest BCUT2D eigenvalue weighted by Crippen LogP contribution is -2.35. The molecule has 1 aromatic rings. The maximum Gasteiger partial charge on any atom is 0.137 e. The van der Waals surface area contributed by atoms with Crippen molar-refractivity contribution in [1.29, 1.82) is 0 Å². The average molecular weight is 284 g/mol. The molecular weight excluding hydrogens is 258 g/mol. The Bertz CT molecular complexity index is 402. The largest absolute Gasteiger partial charge is 0.491 e. The number of halogens is 1. The summed E-state index contributed by atoms with van der Waals surface area (Å²) in [6.07, 6.45) is 0. The van der Waals surface area contributed by atoms with Gasteiger partial charge in [0, 0.05) is 12.0 Å². The van der Waals surface area contributed by atoms with Crippen molar-refractivity contribution in [3.05, 3.63) is 28.8 Å². The van der Waals surface area contributed by atoms with E-state index in [9.17, 15) is 0 Å². The van der Waals surface area contributed by atoms with Gasteiger partial charge in [-0.05, 0) is 37.1 Å². The van der Waals surface area contributed by atoms with Crippen LogP contribution in [-0.2, 0) is 0 Å². The Morgan fingerprint density at radius 2 is 2.00 bits per heavy atom. The van der Waals surface area contributed by atoms with Gasteiger partial charge in [0.25, 0.3) is 0 Å². The second-order valence-electron chi connectivity index (χ2n) is 6.41. The molecule has 0 saturated carbocycles. The third kappa shape index (κ3) is 6.31. The summed E-state index contributed by atoms with van der Waals surface area (Å²) in [4.78, 5) is 0. The van der Waals surface area contributed by atoms with E-state index in [4.69, 9.17) is 16.3 Å². The summed E-state index contributed by atoms with van der Waals surface area (Å²) in [7, 11) is 0. The minimum Gasteiger partial charge on any atom is -0.491 e. The van der Waals surface area contributed by atoms with Crippen LogP contribution < -0.4 is 10.1 Å². The summed E-state index contributed by atoms with van der Waals surface area (Å²) < 4.78 is 5.84. The molecule has 3 heteroatoms. The summed E-state index contributed by atoms with van der Waals surface area (Å²) in [5.41, 5.74) is 1.23. The SMILES string of the molecule is Cc1ccc(OCC(C)(C)CNCC(C)C)c(Cl)c1. The lowest BCUT2D eigenvalue weighted by molar-refractivity contribution is 0.175. The van der Waals surface area contributed by atoms with Crippen LogP contribution in [0.15, 0.2) is 18.2 Å². The van der Waals surface area contributed by atoms with Crippen molar-refractivity contribution in [2.75, 3.05) is 19.7 Å². The zero-order chi connectivity index (χ0) is 14.5. The highest BCUT2D eigenvalue weighted by molar-refractivity contribution is 6.32. The minimum atomic E-state index is 0.0864. The fraction of sp³-hybridized carbons (Fsp3) is 0.625. The highest BCUT2D eigenvalue weighted by atomic mass is 35.5. The number of nitrogens with one attached hydrogen (secondary N) is 1. The smallest absolute Gasteiger partial charge is 0.137 e. The van der Waals surface area contributed by atoms with Gasteiger partial charge in [0.1, 0.15) is 5.75 Å². The number of hydrogen-bond acceptors (Lipinski definition) is 2. The molecule has 108 valence electrons. The van der Waals surface area contributed by atoms with Crippen LogP contribution >= 0.6 is 11.6 Å². The van der Waals surface area contributed by atoms with E-state index in [2.05, 4.69) is 33.0 Å². The van der Waals surface area contributed by atoms with Gasteiger partial charge in [-0.3, -0.25) is 0 Å². The predicted octanol–water partition coefficient (Wildman–Crippen LogP) is 4.30. The second kappa shape index (κ2) is 7.16. The van der Waals surface area contributed by atoms with Crippen LogP contribution in [0.5, 0.6) is 5.75 Å². The number of hydrogen-bond donors (Lipinski definition) is 1. The first-order valence-corrected chi connectivity index (χ1v) is 7.27. The topological polar surface area (TPSA) is 21.3 Å². The maximum atomic E-state index is 6.16. The van der Waals surface area contributed by atoms with Crippen molar-refractivity contribution in [1.82, 2.24) is 5.32 Å². The van der Waals surface area contributed by atoms with Gasteiger partial charge in [-0.2, -0.15) is 0 Å². The zero-order valence-electron chi connectivity index (χ0n) is 12.7. The molecule has 0 amide bonds. The second-order valence-corrected chi connectivity index (χ2v) is 6.82. The molecule has 0 aliphatic heterocycles. The molecule has 0 heterocycles. The average Bonchev–Trinajstić information content (AvgIpc) is 2.27. The minimum absolute atomic E-state index is 0.0864. The van der Waals surface area contributed by atoms with Crippen LogP contribution in [-0.4, -0.2) is 19.7 Å². The normalized spacial score (nSPS) is 11.9. The van der Waals surface area contributed by atoms with E-state index in [-0.39, 0.29) is 5.41 Å². The fourth-order valence-corrected chi connectivity index (χ4v) is 2.04. The van der Waals surface area contributed by atoms with Gasteiger partial charge >= 0.3 is 0 Å². The lowest BCUT2D eigenvalue weighted by atomic mass is 9.94. The van der Waals surface area contributed by atoms with Gasteiger partial charge in [0.15, 0.2) is 0 Å². The molecule has 0 radical (unpaired) electrons. The van der Waals surface area contributed by atoms with Gasteiger partial charge in [-0.25, -0.2) is 0 Å². The van der Waals surface area contributed by atoms with Crippen LogP contribution in [0, 0.1) is 18.3 Å². The predicted molar refractivity (Wildman–Crippen MR) is 83.2 cm³/mol. The van der Waals surface area contributed by atoms with Crippen LogP contribution in [0.1, 0.15) is 33.3 Å². The van der Waals surface area contributed by atoms with Crippen molar-refractivity contribution < 1.29 is 4.74 Å². The lowest BCUT2D eigenvalue weighted by Gasteiger charge is -2.26. The summed E-state index contributed by atoms with van der Waals surface area (Å²) >= 11 is 6.16. The Hall–Kier alpha value is -0.730. The van der Waals surface area contributed by atoms with E-state index in [0.717, 1.165) is 24.4 Å². The molecule has 0 spiro atoms. The van der Waals surface area contributed by atoms with Gasteiger partial charge in [0.2, 0.25) is 0 Å². The third-order valence-electron chi connectivity index (χ3n) is 2.86. The Labute approximate surface area is 122 Å². The number of rotatable bonds is 7. The van der Waals surface area contributed by atoms with Gasteiger partial charge in [-0.1, -0.05) is 45.4 Å². The number of ether oxygens (including phenoxy) is 1. The Kier molecular flexibility index (Phi) is 6.15. The van der Waals surface area contributed by atoms with Gasteiger partial charge < -0.3 is 10.1 Å². The van der Waals surface area contributed by atoms with Gasteiger partial charge in [-0.15, -0.1) is 0 Å². The van der Waals surface area contributed by atoms with E-state index < -0.39 is 0 Å². The molecule has 0 saturated heterocycles. The number of aryl methyl sites for hydroxylation is 1. The monoisotopic (exact) mass is 283 g/mol. The number of benzene rings is 1. The zero-order valence-corrected chi connectivity index (χ0v) is 13.5. The Morgan fingerprint density at radius 3 is 2.58 bits per heavy atom. The molecule has 0 fully saturated rings. The standard InChI is InChI=1S/C16H26ClNO/c1-12(2)9-18-10-16(4,5)11-19-15-7-6-13(3)8-14(15)17/h6-8,12,18H,9-11H2,1-5H3. The van der Waals surface area contributed by atoms with Crippen molar-refractivity contribution >= 4 is 11.6 Å². The van der Waals surface area contributed by atoms with Crippen LogP contribution in [0.25, 0.3) is 0 Å². The molecule has 2 nitrogen and oxygen atoms in total. The Morgan fingerprint density at radius 1 is 1.32 bits per heavy atom. The molecule has 0 aliphatic carbocycles. The first-order chi connectivity index (χ1) is 8.80. The molecule has 0 aromatic heterocycles. The van der Waals surface area contributed by atoms with E-state index in [1.807, 2.05) is 25.1 Å². The van der Waals surface area contributed by atoms with E-state index in [0.29, 0.717) is 17.5 Å². The molecule has 0 atom stereocenters. The van der Waals surface area contributed by atoms with Crippen molar-refractivity contribution in [3.63, 3.8) is 0 Å². The van der Waals surface area contributed by atoms with Crippen molar-refractivity contribution in [3.8, 4) is 5.75 Å². The molecule has 0 aliphatic rings. The fourth-order valence-electron chi connectivity index (χ4n) is 1.75. The van der Waals surface area contributed by atoms with Crippen LogP contribution in [0.3, 0.4) is 0 Å². The maximum absolute atomic E-state index is 6.16. The highest BCUT2D eigenvalue weighted by Crippen LogP contribution is 2.27. The van der Waals surface area contributed by atoms with E-state index >= 15 is 0 Å². The molecule has 1 aromatic carbocycles. The van der Waals surface area contributed by atoms with E-state index in [1.54, 1.807) is 0 Å². The summed E-state index contributed by atoms with van der Waals surface area (Å²) in [5.74, 6) is 1.44. The quantitative estimate of drug-likeness (QED) is 0.806. The highest BCUT2D eigenvalue weighted by Gasteiger charge is 2.19. The first-order valence-electron chi connectivity index (χ1n) is 6.90. The molecule has 0 unspecified atom stereocenters. The van der Waals surface area contributed by atoms with Crippen LogP contribution in [0.2, 0.25) is 5.02 Å². The molecule has 1 N–H and O–H groups in total. The molecule has 0 bridgehead atoms. The molecular formula is C16H26ClNO.